The molecule has 0 bridgehead atoms. The van der Waals surface area contributed by atoms with Gasteiger partial charge >= 0.3 is 19.8 Å². The first-order valence-electron chi connectivity index (χ1n) is 19.9. The molecule has 0 saturated heterocycles. The van der Waals surface area contributed by atoms with Crippen LogP contribution in [-0.4, -0.2) is 43.3 Å². The third kappa shape index (κ3) is 36.1. The fourth-order valence-corrected chi connectivity index (χ4v) is 6.42. The molecule has 0 aromatic heterocycles. The van der Waals surface area contributed by atoms with Gasteiger partial charge in [-0.15, -0.1) is 0 Å². The highest BCUT2D eigenvalue weighted by Gasteiger charge is 2.20. The lowest BCUT2D eigenvalue weighted by Crippen LogP contribution is -2.05. The molecule has 1 N–H and O–H groups in total. The minimum Gasteiger partial charge on any atom is -0.462 e. The third-order valence-electron chi connectivity index (χ3n) is 8.75. The number of rotatable bonds is 38. The van der Waals surface area contributed by atoms with Gasteiger partial charge in [-0.05, 0) is 39.5 Å². The van der Waals surface area contributed by atoms with E-state index in [1.54, 1.807) is 13.8 Å². The van der Waals surface area contributed by atoms with E-state index in [4.69, 9.17) is 18.5 Å². The molecule has 0 heterocycles. The lowest BCUT2D eigenvalue weighted by atomic mass is 10.0. The summed E-state index contributed by atoms with van der Waals surface area (Å²) in [4.78, 5) is 32.5. The van der Waals surface area contributed by atoms with Crippen molar-refractivity contribution in [2.24, 2.45) is 0 Å². The summed E-state index contributed by atoms with van der Waals surface area (Å²) in [5.74, 6) is -0.569. The van der Waals surface area contributed by atoms with Crippen LogP contribution in [0.2, 0.25) is 0 Å². The van der Waals surface area contributed by atoms with Gasteiger partial charge in [0.05, 0.1) is 26.4 Å². The third-order valence-corrected chi connectivity index (χ3v) is 9.77. The average Bonchev–Trinajstić information content (AvgIpc) is 3.06. The largest absolute Gasteiger partial charge is 0.472 e. The summed E-state index contributed by atoms with van der Waals surface area (Å²) in [5.41, 5.74) is 0.928. The highest BCUT2D eigenvalue weighted by atomic mass is 31.2. The van der Waals surface area contributed by atoms with Crippen molar-refractivity contribution in [3.8, 4) is 0 Å². The van der Waals surface area contributed by atoms with Crippen LogP contribution in [0.4, 0.5) is 0 Å². The van der Waals surface area contributed by atoms with Crippen molar-refractivity contribution in [3.63, 3.8) is 0 Å². The molecule has 0 aliphatic carbocycles. The van der Waals surface area contributed by atoms with Crippen LogP contribution in [0.1, 0.15) is 194 Å². The molecule has 0 amide bonds. The predicted molar refractivity (Wildman–Crippen MR) is 203 cm³/mol. The molecule has 0 radical (unpaired) electrons. The van der Waals surface area contributed by atoms with Crippen LogP contribution in [0.3, 0.4) is 0 Å². The Morgan fingerprint density at radius 3 is 0.796 bits per heavy atom. The summed E-state index contributed by atoms with van der Waals surface area (Å²) < 4.78 is 32.6. The number of esters is 2. The summed E-state index contributed by atoms with van der Waals surface area (Å²) in [6.07, 6.45) is 32.8. The molecule has 8 nitrogen and oxygen atoms in total. The quantitative estimate of drug-likeness (QED) is 0.0291. The van der Waals surface area contributed by atoms with Crippen LogP contribution in [0.5, 0.6) is 0 Å². The van der Waals surface area contributed by atoms with Gasteiger partial charge in [0.25, 0.3) is 0 Å². The summed E-state index contributed by atoms with van der Waals surface area (Å²) in [7, 11) is -3.93. The number of phosphoric acid groups is 1. The average molecular weight is 715 g/mol. The first-order chi connectivity index (χ1) is 23.7. The molecule has 0 saturated carbocycles. The lowest BCUT2D eigenvalue weighted by Gasteiger charge is -2.12. The molecular formula is C40H75O8P. The Bertz CT molecular complexity index is 808. The fraction of sp³-hybridized carbons (Fsp3) is 0.850. The smallest absolute Gasteiger partial charge is 0.462 e. The second-order valence-electron chi connectivity index (χ2n) is 13.9. The van der Waals surface area contributed by atoms with Gasteiger partial charge in [0.1, 0.15) is 0 Å². The minimum absolute atomic E-state index is 0.280. The second-order valence-corrected chi connectivity index (χ2v) is 15.3. The first kappa shape index (κ1) is 47.5. The van der Waals surface area contributed by atoms with Crippen LogP contribution < -0.4 is 0 Å². The van der Waals surface area contributed by atoms with Gasteiger partial charge in [-0.25, -0.2) is 14.2 Å². The Morgan fingerprint density at radius 1 is 0.408 bits per heavy atom. The molecule has 288 valence electrons. The SMILES string of the molecule is C=C(C)C(=O)OCCCCCCCCCCCCCCCCOP(=O)(O)OCCCCCCCCCCCCCCCCOC(=O)C(=C)C. The maximum Gasteiger partial charge on any atom is 0.472 e. The van der Waals surface area contributed by atoms with Crippen LogP contribution in [0.15, 0.2) is 24.3 Å². The van der Waals surface area contributed by atoms with Crippen molar-refractivity contribution in [1.29, 1.82) is 0 Å². The first-order valence-corrected chi connectivity index (χ1v) is 21.4. The maximum atomic E-state index is 12.1. The Labute approximate surface area is 301 Å². The number of unbranched alkanes of at least 4 members (excludes halogenated alkanes) is 26. The van der Waals surface area contributed by atoms with Crippen LogP contribution >= 0.6 is 7.82 Å². The van der Waals surface area contributed by atoms with Gasteiger partial charge in [-0.3, -0.25) is 9.05 Å². The monoisotopic (exact) mass is 715 g/mol. The van der Waals surface area contributed by atoms with Gasteiger partial charge in [0.15, 0.2) is 0 Å². The number of hydrogen-bond acceptors (Lipinski definition) is 7. The van der Waals surface area contributed by atoms with Gasteiger partial charge in [-0.2, -0.15) is 0 Å². The Morgan fingerprint density at radius 2 is 0.592 bits per heavy atom. The summed E-state index contributed by atoms with van der Waals surface area (Å²) >= 11 is 0. The van der Waals surface area contributed by atoms with Crippen molar-refractivity contribution in [2.45, 2.75) is 194 Å². The standard InChI is InChI=1S/C40H75O8P/c1-37(2)39(41)45-33-29-25-21-17-13-9-5-7-11-15-19-23-27-31-35-47-49(43,44)48-36-32-28-24-20-16-12-8-6-10-14-18-22-26-30-34-46-40(42)38(3)4/h1,3,5-36H2,2,4H3,(H,43,44). The molecule has 0 atom stereocenters. The highest BCUT2D eigenvalue weighted by molar-refractivity contribution is 7.47. The van der Waals surface area contributed by atoms with Crippen LogP contribution in [0, 0.1) is 0 Å². The predicted octanol–water partition coefficient (Wildman–Crippen LogP) is 12.3. The molecule has 0 aliphatic rings. The normalized spacial score (nSPS) is 11.5. The summed E-state index contributed by atoms with van der Waals surface area (Å²) in [6.45, 7) is 12.1. The van der Waals surface area contributed by atoms with E-state index >= 15 is 0 Å². The molecule has 0 aliphatic heterocycles. The van der Waals surface area contributed by atoms with Crippen molar-refractivity contribution >= 4 is 19.8 Å². The van der Waals surface area contributed by atoms with E-state index in [2.05, 4.69) is 13.2 Å². The van der Waals surface area contributed by atoms with Gasteiger partial charge in [-0.1, -0.05) is 167 Å². The molecular weight excluding hydrogens is 639 g/mol. The number of carbonyl (C=O) groups is 2. The molecule has 0 rings (SSSR count). The van der Waals surface area contributed by atoms with Gasteiger partial charge < -0.3 is 14.4 Å². The molecule has 49 heavy (non-hydrogen) atoms. The molecule has 9 heteroatoms. The number of phosphoric ester groups is 1. The molecule has 0 aromatic rings. The molecule has 0 fully saturated rings. The van der Waals surface area contributed by atoms with Gasteiger partial charge in [0.2, 0.25) is 0 Å². The topological polar surface area (TPSA) is 108 Å². The summed E-state index contributed by atoms with van der Waals surface area (Å²) in [6, 6.07) is 0. The maximum absolute atomic E-state index is 12.1. The second kappa shape index (κ2) is 35.0. The van der Waals surface area contributed by atoms with E-state index < -0.39 is 7.82 Å². The fourth-order valence-electron chi connectivity index (χ4n) is 5.62. The van der Waals surface area contributed by atoms with E-state index in [-0.39, 0.29) is 25.2 Å². The van der Waals surface area contributed by atoms with Gasteiger partial charge in [0, 0.05) is 11.1 Å². The number of carbonyl (C=O) groups excluding carboxylic acids is 2. The van der Waals surface area contributed by atoms with Crippen LogP contribution in [-0.2, 0) is 32.7 Å². The van der Waals surface area contributed by atoms with Crippen molar-refractivity contribution in [3.05, 3.63) is 24.3 Å². The zero-order valence-electron chi connectivity index (χ0n) is 31.8. The minimum atomic E-state index is -3.93. The van der Waals surface area contributed by atoms with Crippen molar-refractivity contribution in [1.82, 2.24) is 0 Å². The van der Waals surface area contributed by atoms with E-state index in [1.165, 1.54) is 116 Å². The highest BCUT2D eigenvalue weighted by Crippen LogP contribution is 2.43. The molecule has 0 aromatic carbocycles. The summed E-state index contributed by atoms with van der Waals surface area (Å²) in [5, 5.41) is 0. The molecule has 0 spiro atoms. The zero-order chi connectivity index (χ0) is 36.3. The number of ether oxygens (including phenoxy) is 2. The Balaban J connectivity index is 3.31. The lowest BCUT2D eigenvalue weighted by molar-refractivity contribution is -0.139. The Kier molecular flexibility index (Phi) is 33.9. The Hall–Kier alpha value is -1.47. The van der Waals surface area contributed by atoms with Crippen LogP contribution in [0.25, 0.3) is 0 Å². The zero-order valence-corrected chi connectivity index (χ0v) is 32.7. The van der Waals surface area contributed by atoms with E-state index in [9.17, 15) is 19.0 Å². The van der Waals surface area contributed by atoms with E-state index in [1.807, 2.05) is 0 Å². The van der Waals surface area contributed by atoms with E-state index in [0.29, 0.717) is 24.4 Å². The number of hydrogen-bond donors (Lipinski definition) is 1. The van der Waals surface area contributed by atoms with E-state index in [0.717, 1.165) is 64.2 Å². The molecule has 0 unspecified atom stereocenters. The van der Waals surface area contributed by atoms with Crippen molar-refractivity contribution < 1.29 is 37.6 Å². The van der Waals surface area contributed by atoms with Crippen molar-refractivity contribution in [2.75, 3.05) is 26.4 Å².